The zero-order valence-corrected chi connectivity index (χ0v) is 13.0. The topological polar surface area (TPSA) is 22.1 Å². The van der Waals surface area contributed by atoms with Gasteiger partial charge in [-0.15, -0.1) is 0 Å². The smallest absolute Gasteiger partial charge is 0.360 e. The van der Waals surface area contributed by atoms with E-state index in [0.717, 1.165) is 5.73 Å². The molecule has 5 heteroatoms. The van der Waals surface area contributed by atoms with Crippen LogP contribution in [0.3, 0.4) is 0 Å². The summed E-state index contributed by atoms with van der Waals surface area (Å²) >= 11 is 0. The van der Waals surface area contributed by atoms with Gasteiger partial charge >= 0.3 is 6.98 Å². The van der Waals surface area contributed by atoms with Crippen LogP contribution in [0.5, 0.6) is 0 Å². The van der Waals surface area contributed by atoms with Gasteiger partial charge in [-0.1, -0.05) is 0 Å². The van der Waals surface area contributed by atoms with Crippen molar-refractivity contribution >= 4 is 12.7 Å². The minimum absolute atomic E-state index is 0.213. The molecule has 17 heavy (non-hydrogen) atoms. The number of aliphatic imine (C=N–C) groups is 1. The zero-order valence-electron chi connectivity index (χ0n) is 13.0. The van der Waals surface area contributed by atoms with Gasteiger partial charge in [-0.25, -0.2) is 0 Å². The van der Waals surface area contributed by atoms with Crippen LogP contribution in [0.4, 0.5) is 0 Å². The highest BCUT2D eigenvalue weighted by Crippen LogP contribution is 2.10. The van der Waals surface area contributed by atoms with E-state index in [1.165, 1.54) is 0 Å². The third-order valence-electron chi connectivity index (χ3n) is 2.82. The fourth-order valence-corrected chi connectivity index (χ4v) is 2.41. The zero-order chi connectivity index (χ0) is 13.7. The van der Waals surface area contributed by atoms with E-state index in [2.05, 4.69) is 75.4 Å². The van der Waals surface area contributed by atoms with Gasteiger partial charge in [-0.05, 0) is 55.9 Å². The largest absolute Gasteiger partial charge is 0.385 e. The van der Waals surface area contributed by atoms with Crippen molar-refractivity contribution in [3.05, 3.63) is 0 Å². The first-order valence-corrected chi connectivity index (χ1v) is 6.31. The van der Waals surface area contributed by atoms with Crippen molar-refractivity contribution < 1.29 is 0 Å². The lowest BCUT2D eigenvalue weighted by atomic mass is 9.69. The molecule has 0 radical (unpaired) electrons. The van der Waals surface area contributed by atoms with E-state index in [1.807, 2.05) is 7.05 Å². The van der Waals surface area contributed by atoms with E-state index in [4.69, 9.17) is 0 Å². The minimum Gasteiger partial charge on any atom is -0.360 e. The molecule has 0 spiro atoms. The van der Waals surface area contributed by atoms with Gasteiger partial charge in [0, 0.05) is 19.1 Å². The van der Waals surface area contributed by atoms with Gasteiger partial charge in [0.1, 0.15) is 0 Å². The molecule has 0 atom stereocenters. The summed E-state index contributed by atoms with van der Waals surface area (Å²) in [5, 5.41) is 0. The first-order valence-electron chi connectivity index (χ1n) is 6.31. The van der Waals surface area contributed by atoms with Crippen molar-refractivity contribution in [3.8, 4) is 0 Å². The molecule has 0 aromatic carbocycles. The van der Waals surface area contributed by atoms with Crippen molar-refractivity contribution in [1.29, 1.82) is 0 Å². The molecule has 0 fully saturated rings. The van der Waals surface area contributed by atoms with Gasteiger partial charge in [0.25, 0.3) is 0 Å². The van der Waals surface area contributed by atoms with Crippen LogP contribution in [0.15, 0.2) is 4.99 Å². The Morgan fingerprint density at radius 3 is 1.41 bits per heavy atom. The maximum absolute atomic E-state index is 4.53. The molecule has 0 bridgehead atoms. The second-order valence-electron chi connectivity index (χ2n) is 5.48. The lowest BCUT2D eigenvalue weighted by Gasteiger charge is -2.39. The predicted molar refractivity (Wildman–Crippen MR) is 78.6 cm³/mol. The van der Waals surface area contributed by atoms with Gasteiger partial charge in [-0.2, -0.15) is 0 Å². The average molecular weight is 240 g/mol. The minimum atomic E-state index is 0.213. The van der Waals surface area contributed by atoms with Gasteiger partial charge in [0.2, 0.25) is 0 Å². The molecule has 0 aliphatic heterocycles. The Morgan fingerprint density at radius 2 is 1.24 bits per heavy atom. The highest BCUT2D eigenvalue weighted by molar-refractivity contribution is 6.86. The van der Waals surface area contributed by atoms with Gasteiger partial charge in [0.15, 0.2) is 0 Å². The Hall–Kier alpha value is -0.545. The van der Waals surface area contributed by atoms with Gasteiger partial charge < -0.3 is 14.5 Å². The Labute approximate surface area is 108 Å². The van der Waals surface area contributed by atoms with Crippen LogP contribution < -0.4 is 0 Å². The molecule has 0 rings (SSSR count). The molecule has 0 unspecified atom stereocenters. The van der Waals surface area contributed by atoms with Crippen LogP contribution in [0.25, 0.3) is 0 Å². The fraction of sp³-hybridized carbons (Fsp3) is 0.917. The van der Waals surface area contributed by atoms with Crippen LogP contribution in [0, 0.1) is 0 Å². The van der Waals surface area contributed by atoms with Gasteiger partial charge in [-0.3, -0.25) is 4.99 Å². The van der Waals surface area contributed by atoms with Gasteiger partial charge in [0.05, 0.1) is 5.73 Å². The van der Waals surface area contributed by atoms with Crippen molar-refractivity contribution in [2.75, 3.05) is 35.2 Å². The molecule has 0 saturated carbocycles. The van der Waals surface area contributed by atoms with E-state index in [9.17, 15) is 0 Å². The number of amidine groups is 1. The quantitative estimate of drug-likeness (QED) is 0.410. The van der Waals surface area contributed by atoms with Crippen molar-refractivity contribution in [2.45, 2.75) is 39.8 Å². The number of hydrogen-bond acceptors (Lipinski definition) is 3. The van der Waals surface area contributed by atoms with Crippen molar-refractivity contribution in [3.63, 3.8) is 0 Å². The third-order valence-corrected chi connectivity index (χ3v) is 2.82. The molecular weight excluding hydrogens is 211 g/mol. The lowest BCUT2D eigenvalue weighted by molar-refractivity contribution is 0.292. The Bertz CT molecular complexity index is 211. The second-order valence-corrected chi connectivity index (χ2v) is 5.48. The number of rotatable bonds is 5. The number of nitrogens with zero attached hydrogens (tertiary/aromatic N) is 4. The highest BCUT2D eigenvalue weighted by atomic mass is 15.3. The summed E-state index contributed by atoms with van der Waals surface area (Å²) in [4.78, 5) is 11.3. The fourth-order valence-electron chi connectivity index (χ4n) is 2.41. The number of hydrogen-bond donors (Lipinski definition) is 0. The van der Waals surface area contributed by atoms with Crippen molar-refractivity contribution in [2.24, 2.45) is 4.99 Å². The summed E-state index contributed by atoms with van der Waals surface area (Å²) < 4.78 is 0. The molecule has 0 amide bonds. The third kappa shape index (κ3) is 4.32. The summed E-state index contributed by atoms with van der Waals surface area (Å²) in [6, 6.07) is 0.909. The summed E-state index contributed by atoms with van der Waals surface area (Å²) in [6.45, 7) is 9.08. The summed E-state index contributed by atoms with van der Waals surface area (Å²) in [7, 11) is 10.2. The Balaban J connectivity index is 5.28. The van der Waals surface area contributed by atoms with E-state index < -0.39 is 0 Å². The van der Waals surface area contributed by atoms with Crippen molar-refractivity contribution in [1.82, 2.24) is 14.5 Å². The van der Waals surface area contributed by atoms with Crippen LogP contribution in [0.1, 0.15) is 27.7 Å². The normalized spacial score (nSPS) is 13.1. The maximum Gasteiger partial charge on any atom is 0.385 e. The van der Waals surface area contributed by atoms with Crippen LogP contribution in [-0.2, 0) is 0 Å². The summed E-state index contributed by atoms with van der Waals surface area (Å²) in [5.74, 6) is 0. The van der Waals surface area contributed by atoms with E-state index in [1.54, 1.807) is 0 Å². The average Bonchev–Trinajstić information content (AvgIpc) is 2.13. The monoisotopic (exact) mass is 240 g/mol. The lowest BCUT2D eigenvalue weighted by Crippen LogP contribution is -2.60. The van der Waals surface area contributed by atoms with E-state index >= 15 is 0 Å². The summed E-state index contributed by atoms with van der Waals surface area (Å²) in [5.41, 5.74) is 1.13. The molecule has 0 saturated heterocycles. The Morgan fingerprint density at radius 1 is 0.882 bits per heavy atom. The standard InChI is InChI=1S/C12H29BN4/c1-10(2)17(11(3)4)12(14-5)13(15(6)7)16(8)9/h10-11H,1-9H3. The molecule has 0 aliphatic rings. The molecule has 0 heterocycles. The molecule has 100 valence electrons. The molecule has 0 aliphatic carbocycles. The van der Waals surface area contributed by atoms with Crippen LogP contribution >= 0.6 is 0 Å². The first-order chi connectivity index (χ1) is 7.73. The maximum atomic E-state index is 4.53. The van der Waals surface area contributed by atoms with E-state index in [-0.39, 0.29) is 6.98 Å². The van der Waals surface area contributed by atoms with Crippen LogP contribution in [0.2, 0.25) is 0 Å². The molecule has 4 nitrogen and oxygen atoms in total. The Kier molecular flexibility index (Phi) is 6.79. The SMILES string of the molecule is CN=C(B(N(C)C)N(C)C)N(C(C)C)C(C)C. The van der Waals surface area contributed by atoms with Crippen LogP contribution in [-0.4, -0.2) is 74.6 Å². The first kappa shape index (κ1) is 16.5. The molecule has 0 N–H and O–H groups in total. The molecule has 0 aromatic rings. The molecular formula is C12H29BN4. The molecule has 0 aromatic heterocycles. The van der Waals surface area contributed by atoms with E-state index in [0.29, 0.717) is 12.1 Å². The second kappa shape index (κ2) is 7.02. The highest BCUT2D eigenvalue weighted by Gasteiger charge is 2.33. The predicted octanol–water partition coefficient (Wildman–Crippen LogP) is 1.28. The summed E-state index contributed by atoms with van der Waals surface area (Å²) in [6.07, 6.45) is 0.